The predicted octanol–water partition coefficient (Wildman–Crippen LogP) is 3.51. The molecule has 0 atom stereocenters. The van der Waals surface area contributed by atoms with E-state index in [2.05, 4.69) is 21.2 Å². The average Bonchev–Trinajstić information content (AvgIpc) is 3.12. The van der Waals surface area contributed by atoms with Crippen LogP contribution in [0.3, 0.4) is 0 Å². The fraction of sp³-hybridized carbons (Fsp3) is 0.462. The number of rotatable bonds is 5. The van der Waals surface area contributed by atoms with E-state index in [4.69, 9.17) is 0 Å². The molecule has 0 radical (unpaired) electrons. The van der Waals surface area contributed by atoms with E-state index in [1.807, 2.05) is 0 Å². The van der Waals surface area contributed by atoms with Crippen molar-refractivity contribution in [3.63, 3.8) is 0 Å². The predicted molar refractivity (Wildman–Crippen MR) is 68.4 cm³/mol. The van der Waals surface area contributed by atoms with E-state index in [0.717, 1.165) is 12.3 Å². The molecule has 0 heterocycles. The lowest BCUT2D eigenvalue weighted by Crippen LogP contribution is -2.24. The number of amides is 1. The van der Waals surface area contributed by atoms with Crippen LogP contribution >= 0.6 is 15.9 Å². The Hall–Kier alpha value is -0.900. The summed E-state index contributed by atoms with van der Waals surface area (Å²) in [5.74, 6) is 0.278. The summed E-state index contributed by atoms with van der Waals surface area (Å²) < 4.78 is 13.6. The Morgan fingerprint density at radius 2 is 2.24 bits per heavy atom. The first-order valence-electron chi connectivity index (χ1n) is 5.90. The monoisotopic (exact) mass is 299 g/mol. The normalized spacial score (nSPS) is 14.7. The number of benzene rings is 1. The van der Waals surface area contributed by atoms with Crippen LogP contribution in [-0.2, 0) is 0 Å². The van der Waals surface area contributed by atoms with Crippen molar-refractivity contribution in [3.05, 3.63) is 34.1 Å². The third-order valence-electron chi connectivity index (χ3n) is 2.95. The minimum Gasteiger partial charge on any atom is -0.352 e. The highest BCUT2D eigenvalue weighted by Gasteiger charge is 2.20. The van der Waals surface area contributed by atoms with Gasteiger partial charge in [-0.2, -0.15) is 0 Å². The fourth-order valence-electron chi connectivity index (χ4n) is 1.74. The summed E-state index contributed by atoms with van der Waals surface area (Å²) in [4.78, 5) is 11.7. The first-order valence-corrected chi connectivity index (χ1v) is 6.69. The summed E-state index contributed by atoms with van der Waals surface area (Å²) in [6, 6.07) is 4.41. The van der Waals surface area contributed by atoms with Gasteiger partial charge in [0.15, 0.2) is 0 Å². The molecule has 1 amide bonds. The molecule has 1 saturated carbocycles. The van der Waals surface area contributed by atoms with Gasteiger partial charge in [0.25, 0.3) is 5.91 Å². The summed E-state index contributed by atoms with van der Waals surface area (Å²) in [6.07, 6.45) is 4.88. The number of hydrogen-bond donors (Lipinski definition) is 1. The molecule has 0 spiro atoms. The largest absolute Gasteiger partial charge is 0.352 e. The van der Waals surface area contributed by atoms with E-state index in [0.29, 0.717) is 16.6 Å². The summed E-state index contributed by atoms with van der Waals surface area (Å²) in [6.45, 7) is 0.674. The van der Waals surface area contributed by atoms with Crippen molar-refractivity contribution in [1.82, 2.24) is 5.32 Å². The van der Waals surface area contributed by atoms with Gasteiger partial charge in [0.1, 0.15) is 5.82 Å². The third-order valence-corrected chi connectivity index (χ3v) is 3.60. The lowest BCUT2D eigenvalue weighted by atomic mass is 10.2. The summed E-state index contributed by atoms with van der Waals surface area (Å²) in [5.41, 5.74) is 0.372. The Labute approximate surface area is 109 Å². The smallest absolute Gasteiger partial charge is 0.251 e. The molecule has 1 N–H and O–H groups in total. The van der Waals surface area contributed by atoms with Crippen LogP contribution in [0.15, 0.2) is 22.7 Å². The highest BCUT2D eigenvalue weighted by atomic mass is 79.9. The third kappa shape index (κ3) is 3.80. The van der Waals surface area contributed by atoms with Gasteiger partial charge in [0.2, 0.25) is 0 Å². The molecule has 0 bridgehead atoms. The standard InChI is InChI=1S/C13H15BrFNO/c14-11-6-5-10(8-12(11)15)13(17)16-7-1-2-9-3-4-9/h5-6,8-9H,1-4,7H2,(H,16,17). The van der Waals surface area contributed by atoms with Crippen molar-refractivity contribution < 1.29 is 9.18 Å². The van der Waals surface area contributed by atoms with Crippen LogP contribution in [0.5, 0.6) is 0 Å². The lowest BCUT2D eigenvalue weighted by molar-refractivity contribution is 0.0952. The maximum absolute atomic E-state index is 13.2. The molecule has 0 aliphatic heterocycles. The SMILES string of the molecule is O=C(NCCCC1CC1)c1ccc(Br)c(F)c1. The Bertz CT molecular complexity index is 418. The second-order valence-corrected chi connectivity index (χ2v) is 5.32. The van der Waals surface area contributed by atoms with Crippen LogP contribution in [0.25, 0.3) is 0 Å². The molecule has 0 unspecified atom stereocenters. The van der Waals surface area contributed by atoms with Crippen LogP contribution in [0.4, 0.5) is 4.39 Å². The summed E-state index contributed by atoms with van der Waals surface area (Å²) >= 11 is 3.06. The zero-order chi connectivity index (χ0) is 12.3. The van der Waals surface area contributed by atoms with Gasteiger partial charge >= 0.3 is 0 Å². The Kier molecular flexibility index (Phi) is 4.15. The van der Waals surface area contributed by atoms with Crippen molar-refractivity contribution in [2.45, 2.75) is 25.7 Å². The quantitative estimate of drug-likeness (QED) is 0.828. The van der Waals surface area contributed by atoms with Crippen molar-refractivity contribution in [3.8, 4) is 0 Å². The van der Waals surface area contributed by atoms with Gasteiger partial charge in [0.05, 0.1) is 4.47 Å². The highest BCUT2D eigenvalue weighted by molar-refractivity contribution is 9.10. The zero-order valence-electron chi connectivity index (χ0n) is 9.51. The number of hydrogen-bond acceptors (Lipinski definition) is 1. The second-order valence-electron chi connectivity index (χ2n) is 4.47. The molecule has 1 fully saturated rings. The van der Waals surface area contributed by atoms with Crippen LogP contribution < -0.4 is 5.32 Å². The van der Waals surface area contributed by atoms with Gasteiger partial charge in [-0.1, -0.05) is 12.8 Å². The van der Waals surface area contributed by atoms with Crippen LogP contribution in [0.2, 0.25) is 0 Å². The van der Waals surface area contributed by atoms with Crippen molar-refractivity contribution in [2.24, 2.45) is 5.92 Å². The number of halogens is 2. The Morgan fingerprint density at radius 3 is 2.88 bits per heavy atom. The summed E-state index contributed by atoms with van der Waals surface area (Å²) in [7, 11) is 0. The molecule has 1 aromatic carbocycles. The topological polar surface area (TPSA) is 29.1 Å². The molecule has 0 aromatic heterocycles. The minimum atomic E-state index is -0.407. The van der Waals surface area contributed by atoms with Crippen molar-refractivity contribution in [1.29, 1.82) is 0 Å². The van der Waals surface area contributed by atoms with Crippen molar-refractivity contribution in [2.75, 3.05) is 6.54 Å². The number of carbonyl (C=O) groups excluding carboxylic acids is 1. The molecule has 1 aromatic rings. The van der Waals surface area contributed by atoms with Crippen LogP contribution in [0, 0.1) is 11.7 Å². The van der Waals surface area contributed by atoms with E-state index in [-0.39, 0.29) is 5.91 Å². The zero-order valence-corrected chi connectivity index (χ0v) is 11.1. The Balaban J connectivity index is 1.79. The maximum atomic E-state index is 13.2. The van der Waals surface area contributed by atoms with Crippen LogP contribution in [0.1, 0.15) is 36.0 Å². The maximum Gasteiger partial charge on any atom is 0.251 e. The van der Waals surface area contributed by atoms with E-state index in [9.17, 15) is 9.18 Å². The molecule has 0 saturated heterocycles. The molecule has 1 aliphatic carbocycles. The van der Waals surface area contributed by atoms with Crippen LogP contribution in [-0.4, -0.2) is 12.5 Å². The van der Waals surface area contributed by atoms with Gasteiger partial charge in [0, 0.05) is 12.1 Å². The number of nitrogens with one attached hydrogen (secondary N) is 1. The second kappa shape index (κ2) is 5.63. The van der Waals surface area contributed by atoms with E-state index in [1.165, 1.54) is 25.3 Å². The molecular weight excluding hydrogens is 285 g/mol. The molecule has 2 nitrogen and oxygen atoms in total. The average molecular weight is 300 g/mol. The molecule has 17 heavy (non-hydrogen) atoms. The van der Waals surface area contributed by atoms with Crippen molar-refractivity contribution >= 4 is 21.8 Å². The van der Waals surface area contributed by atoms with Gasteiger partial charge in [-0.3, -0.25) is 4.79 Å². The molecule has 4 heteroatoms. The van der Waals surface area contributed by atoms with Gasteiger partial charge in [-0.05, 0) is 52.9 Å². The first kappa shape index (κ1) is 12.6. The fourth-order valence-corrected chi connectivity index (χ4v) is 1.99. The Morgan fingerprint density at radius 1 is 1.47 bits per heavy atom. The van der Waals surface area contributed by atoms with Gasteiger partial charge in [-0.15, -0.1) is 0 Å². The molecular formula is C13H15BrFNO. The first-order chi connectivity index (χ1) is 8.16. The lowest BCUT2D eigenvalue weighted by Gasteiger charge is -2.05. The van der Waals surface area contributed by atoms with Gasteiger partial charge < -0.3 is 5.32 Å². The molecule has 2 rings (SSSR count). The van der Waals surface area contributed by atoms with E-state index < -0.39 is 5.82 Å². The van der Waals surface area contributed by atoms with E-state index >= 15 is 0 Å². The van der Waals surface area contributed by atoms with Gasteiger partial charge in [-0.25, -0.2) is 4.39 Å². The van der Waals surface area contributed by atoms with E-state index in [1.54, 1.807) is 12.1 Å². The molecule has 92 valence electrons. The summed E-state index contributed by atoms with van der Waals surface area (Å²) in [5, 5.41) is 2.81. The highest BCUT2D eigenvalue weighted by Crippen LogP contribution is 2.33. The minimum absolute atomic E-state index is 0.202. The molecule has 1 aliphatic rings. The number of carbonyl (C=O) groups is 1.